The van der Waals surface area contributed by atoms with Crippen LogP contribution in [-0.2, 0) is 4.79 Å². The van der Waals surface area contributed by atoms with Gasteiger partial charge in [0.05, 0.1) is 50.1 Å². The van der Waals surface area contributed by atoms with Gasteiger partial charge < -0.3 is 33.4 Å². The maximum absolute atomic E-state index is 8.00. The fourth-order valence-electron chi connectivity index (χ4n) is 0.907. The highest BCUT2D eigenvalue weighted by atomic mass is 16.3. The Morgan fingerprint density at radius 2 is 0.500 bits per heavy atom. The van der Waals surface area contributed by atoms with Crippen molar-refractivity contribution in [2.45, 2.75) is 0 Å². The number of furan rings is 4. The molecule has 0 spiro atoms. The molecule has 4 aromatic heterocycles. The van der Waals surface area contributed by atoms with Crippen LogP contribution in [0, 0.1) is 0 Å². The van der Waals surface area contributed by atoms with Crippen LogP contribution in [0.3, 0.4) is 0 Å². The highest BCUT2D eigenvalue weighted by Crippen LogP contribution is 1.81. The summed E-state index contributed by atoms with van der Waals surface area (Å²) in [7, 11) is 0. The molecule has 4 N–H and O–H groups in total. The molecule has 24 heavy (non-hydrogen) atoms. The molecule has 132 valence electrons. The van der Waals surface area contributed by atoms with Crippen molar-refractivity contribution in [3.05, 3.63) is 98.6 Å². The average Bonchev–Trinajstić information content (AvgIpc) is 3.46. The highest BCUT2D eigenvalue weighted by Gasteiger charge is 1.60. The average molecular weight is 338 g/mol. The minimum absolute atomic E-state index is 0. The molecule has 0 atom stereocenters. The van der Waals surface area contributed by atoms with E-state index in [-0.39, 0.29) is 11.0 Å². The van der Waals surface area contributed by atoms with Gasteiger partial charge in [-0.15, -0.1) is 0 Å². The molecule has 0 aliphatic heterocycles. The fraction of sp³-hybridized carbons (Fsp3) is 0. The lowest BCUT2D eigenvalue weighted by Crippen LogP contribution is -1.16. The van der Waals surface area contributed by atoms with Gasteiger partial charge in [0, 0.05) is 0 Å². The van der Waals surface area contributed by atoms with Crippen LogP contribution in [0.4, 0.5) is 0 Å². The molecule has 0 saturated heterocycles. The third-order valence-corrected chi connectivity index (χ3v) is 1.70. The zero-order valence-corrected chi connectivity index (χ0v) is 13.0. The quantitative estimate of drug-likeness (QED) is 0.485. The smallest absolute Gasteiger partial charge is 0.106 e. The number of carbonyl (C=O) groups is 1. The normalized spacial score (nSPS) is 6.83. The minimum atomic E-state index is 0. The van der Waals surface area contributed by atoms with Gasteiger partial charge in [-0.3, -0.25) is 0 Å². The second-order valence-corrected chi connectivity index (χ2v) is 3.17. The Morgan fingerprint density at radius 3 is 0.542 bits per heavy atom. The van der Waals surface area contributed by atoms with Crippen molar-refractivity contribution >= 4 is 6.79 Å². The summed E-state index contributed by atoms with van der Waals surface area (Å²) in [5.74, 6) is 0. The van der Waals surface area contributed by atoms with Gasteiger partial charge in [-0.05, 0) is 48.5 Å². The third kappa shape index (κ3) is 21.0. The molecule has 0 fully saturated rings. The number of rotatable bonds is 0. The molecule has 4 aromatic rings. The van der Waals surface area contributed by atoms with Crippen LogP contribution in [-0.4, -0.2) is 17.7 Å². The Morgan fingerprint density at radius 1 is 0.375 bits per heavy atom. The van der Waals surface area contributed by atoms with E-state index in [0.717, 1.165) is 0 Å². The largest absolute Gasteiger partial charge is 0.473 e. The molecule has 0 aliphatic rings. The van der Waals surface area contributed by atoms with Gasteiger partial charge in [0.2, 0.25) is 0 Å². The molecule has 0 amide bonds. The molecule has 0 bridgehead atoms. The summed E-state index contributed by atoms with van der Waals surface area (Å²) in [6.45, 7) is 2.00. The summed E-state index contributed by atoms with van der Waals surface area (Å²) in [6.07, 6.45) is 13.0. The van der Waals surface area contributed by atoms with Crippen molar-refractivity contribution in [1.82, 2.24) is 0 Å². The van der Waals surface area contributed by atoms with Crippen LogP contribution < -0.4 is 0 Å². The van der Waals surface area contributed by atoms with Gasteiger partial charge in [-0.25, -0.2) is 0 Å². The minimum Gasteiger partial charge on any atom is -0.473 e. The molecule has 0 saturated carbocycles. The first kappa shape index (κ1) is 25.7. The standard InChI is InChI=1S/4C4H4O.CH2O.2H2O/c4*1-2-4-5-3-1;1-2;;/h4*1-4H;1H2;2*1H2. The van der Waals surface area contributed by atoms with E-state index < -0.39 is 0 Å². The predicted molar refractivity (Wildman–Crippen MR) is 89.2 cm³/mol. The number of hydrogen-bond donors (Lipinski definition) is 0. The maximum atomic E-state index is 8.00. The molecular weight excluding hydrogens is 316 g/mol. The lowest BCUT2D eigenvalue weighted by molar-refractivity contribution is -0.0979. The van der Waals surface area contributed by atoms with Crippen LogP contribution in [0.15, 0.2) is 116 Å². The molecule has 0 aromatic carbocycles. The second-order valence-electron chi connectivity index (χ2n) is 3.17. The van der Waals surface area contributed by atoms with E-state index in [4.69, 9.17) is 4.79 Å². The lowest BCUT2D eigenvalue weighted by atomic mass is 10.7. The van der Waals surface area contributed by atoms with Crippen LogP contribution >= 0.6 is 0 Å². The molecule has 4 heterocycles. The lowest BCUT2D eigenvalue weighted by Gasteiger charge is -1.50. The van der Waals surface area contributed by atoms with Gasteiger partial charge in [-0.2, -0.15) is 0 Å². The first-order valence-electron chi connectivity index (χ1n) is 6.17. The first-order chi connectivity index (χ1) is 11.0. The summed E-state index contributed by atoms with van der Waals surface area (Å²) in [6, 6.07) is 14.7. The zero-order chi connectivity index (χ0) is 16.1. The highest BCUT2D eigenvalue weighted by molar-refractivity contribution is 5.11. The molecular formula is C17H22O7. The van der Waals surface area contributed by atoms with Crippen LogP contribution in [0.1, 0.15) is 0 Å². The number of hydrogen-bond acceptors (Lipinski definition) is 5. The monoisotopic (exact) mass is 338 g/mol. The Labute approximate surface area is 139 Å². The summed E-state index contributed by atoms with van der Waals surface area (Å²) in [4.78, 5) is 8.00. The van der Waals surface area contributed by atoms with E-state index in [1.165, 1.54) is 0 Å². The summed E-state index contributed by atoms with van der Waals surface area (Å²) >= 11 is 0. The van der Waals surface area contributed by atoms with Gasteiger partial charge in [0.1, 0.15) is 6.79 Å². The van der Waals surface area contributed by atoms with Crippen LogP contribution in [0.2, 0.25) is 0 Å². The SMILES string of the molecule is C=O.O.O.c1ccoc1.c1ccoc1.c1ccoc1.c1ccoc1. The third-order valence-electron chi connectivity index (χ3n) is 1.70. The predicted octanol–water partition coefficient (Wildman–Crippen LogP) is 3.28. The van der Waals surface area contributed by atoms with Crippen LogP contribution in [0.25, 0.3) is 0 Å². The Balaban J connectivity index is -0.000000231. The Bertz CT molecular complexity index is 366. The van der Waals surface area contributed by atoms with Crippen LogP contribution in [0.5, 0.6) is 0 Å². The van der Waals surface area contributed by atoms with Gasteiger partial charge in [0.25, 0.3) is 0 Å². The van der Waals surface area contributed by atoms with E-state index in [2.05, 4.69) is 17.7 Å². The van der Waals surface area contributed by atoms with E-state index in [1.807, 2.05) is 55.3 Å². The molecule has 0 aliphatic carbocycles. The molecule has 0 radical (unpaired) electrons. The molecule has 0 unspecified atom stereocenters. The van der Waals surface area contributed by atoms with Gasteiger partial charge in [0.15, 0.2) is 0 Å². The number of carbonyl (C=O) groups excluding carboxylic acids is 1. The summed E-state index contributed by atoms with van der Waals surface area (Å²) < 4.78 is 18.3. The second kappa shape index (κ2) is 24.7. The van der Waals surface area contributed by atoms with Crippen molar-refractivity contribution in [2.75, 3.05) is 0 Å². The first-order valence-corrected chi connectivity index (χ1v) is 6.17. The van der Waals surface area contributed by atoms with Gasteiger partial charge in [-0.1, -0.05) is 0 Å². The molecule has 7 heteroatoms. The van der Waals surface area contributed by atoms with Crippen molar-refractivity contribution in [3.63, 3.8) is 0 Å². The van der Waals surface area contributed by atoms with E-state index in [1.54, 1.807) is 50.1 Å². The topological polar surface area (TPSA) is 133 Å². The van der Waals surface area contributed by atoms with E-state index >= 15 is 0 Å². The van der Waals surface area contributed by atoms with Crippen molar-refractivity contribution in [1.29, 1.82) is 0 Å². The fourth-order valence-corrected chi connectivity index (χ4v) is 0.907. The Kier molecular flexibility index (Phi) is 26.4. The summed E-state index contributed by atoms with van der Waals surface area (Å²) in [5.41, 5.74) is 0. The van der Waals surface area contributed by atoms with E-state index in [0.29, 0.717) is 0 Å². The van der Waals surface area contributed by atoms with Crippen molar-refractivity contribution in [2.24, 2.45) is 0 Å². The van der Waals surface area contributed by atoms with Gasteiger partial charge >= 0.3 is 0 Å². The van der Waals surface area contributed by atoms with Crippen molar-refractivity contribution < 1.29 is 33.4 Å². The van der Waals surface area contributed by atoms with Crippen molar-refractivity contribution in [3.8, 4) is 0 Å². The molecule has 4 rings (SSSR count). The summed E-state index contributed by atoms with van der Waals surface area (Å²) in [5, 5.41) is 0. The molecule has 7 nitrogen and oxygen atoms in total. The van der Waals surface area contributed by atoms with E-state index in [9.17, 15) is 0 Å². The maximum Gasteiger partial charge on any atom is 0.106 e. The zero-order valence-electron chi connectivity index (χ0n) is 13.0. The Hall–Kier alpha value is -3.29.